The Bertz CT molecular complexity index is 991. The summed E-state index contributed by atoms with van der Waals surface area (Å²) in [6, 6.07) is 15.3. The van der Waals surface area contributed by atoms with Gasteiger partial charge in [0.05, 0.1) is 15.8 Å². The van der Waals surface area contributed by atoms with Gasteiger partial charge in [0.15, 0.2) is 0 Å². The summed E-state index contributed by atoms with van der Waals surface area (Å²) in [6.07, 6.45) is 1.30. The van der Waals surface area contributed by atoms with Crippen molar-refractivity contribution in [1.82, 2.24) is 4.98 Å². The molecule has 4 rings (SSSR count). The molecule has 24 heavy (non-hydrogen) atoms. The van der Waals surface area contributed by atoms with Gasteiger partial charge in [-0.3, -0.25) is 4.79 Å². The minimum absolute atomic E-state index is 0.272. The predicted octanol–water partition coefficient (Wildman–Crippen LogP) is 3.65. The number of hydrogen-bond acceptors (Lipinski definition) is 5. The highest BCUT2D eigenvalue weighted by atomic mass is 79.9. The molecule has 1 aliphatic rings. The topological polar surface area (TPSA) is 71.6 Å². The molecule has 0 bridgehead atoms. The van der Waals surface area contributed by atoms with E-state index in [0.717, 1.165) is 20.3 Å². The average Bonchev–Trinajstić information content (AvgIpc) is 3.15. The second-order valence-electron chi connectivity index (χ2n) is 5.12. The molecule has 2 N–H and O–H groups in total. The maximum atomic E-state index is 12.7. The van der Waals surface area contributed by atoms with Gasteiger partial charge in [-0.2, -0.15) is 10.1 Å². The Kier molecular flexibility index (Phi) is 3.66. The van der Waals surface area contributed by atoms with Crippen LogP contribution in [0.5, 0.6) is 0 Å². The van der Waals surface area contributed by atoms with Crippen LogP contribution in [-0.4, -0.2) is 16.6 Å². The highest BCUT2D eigenvalue weighted by molar-refractivity contribution is 9.10. The third-order valence-corrected chi connectivity index (χ3v) is 5.11. The van der Waals surface area contributed by atoms with Crippen molar-refractivity contribution < 1.29 is 4.79 Å². The average molecular weight is 399 g/mol. The predicted molar refractivity (Wildman–Crippen MR) is 100 cm³/mol. The van der Waals surface area contributed by atoms with Crippen molar-refractivity contribution in [3.8, 4) is 0 Å². The highest BCUT2D eigenvalue weighted by Crippen LogP contribution is 2.33. The van der Waals surface area contributed by atoms with E-state index in [-0.39, 0.29) is 5.91 Å². The highest BCUT2D eigenvalue weighted by Gasteiger charge is 2.33. The Hall–Kier alpha value is -2.51. The van der Waals surface area contributed by atoms with Gasteiger partial charge in [-0.1, -0.05) is 51.5 Å². The molecule has 1 aromatic heterocycles. The summed E-state index contributed by atoms with van der Waals surface area (Å²) < 4.78 is 1.91. The second-order valence-corrected chi connectivity index (χ2v) is 7.05. The zero-order valence-electron chi connectivity index (χ0n) is 12.3. The van der Waals surface area contributed by atoms with E-state index in [1.807, 2.05) is 48.5 Å². The summed E-state index contributed by atoms with van der Waals surface area (Å²) in [4.78, 5) is 17.2. The van der Waals surface area contributed by atoms with E-state index >= 15 is 0 Å². The fourth-order valence-electron chi connectivity index (χ4n) is 2.49. The van der Waals surface area contributed by atoms with Crippen LogP contribution in [0.3, 0.4) is 0 Å². The molecule has 0 atom stereocenters. The lowest BCUT2D eigenvalue weighted by Gasteiger charge is -2.05. The van der Waals surface area contributed by atoms with Gasteiger partial charge in [-0.05, 0) is 24.3 Å². The van der Waals surface area contributed by atoms with Gasteiger partial charge in [0.2, 0.25) is 5.13 Å². The smallest absolute Gasteiger partial charge is 0.284 e. The van der Waals surface area contributed by atoms with Crippen LogP contribution in [0, 0.1) is 0 Å². The number of hydrazone groups is 1. The fraction of sp³-hybridized carbons (Fsp3) is 0. The number of nitrogens with zero attached hydrogens (tertiary/aromatic N) is 3. The van der Waals surface area contributed by atoms with Crippen molar-refractivity contribution in [3.05, 3.63) is 70.3 Å². The van der Waals surface area contributed by atoms with E-state index in [1.165, 1.54) is 22.5 Å². The number of carbonyl (C=O) groups is 1. The van der Waals surface area contributed by atoms with E-state index in [0.29, 0.717) is 16.4 Å². The summed E-state index contributed by atoms with van der Waals surface area (Å²) in [5.74, 6) is -0.272. The first-order valence-electron chi connectivity index (χ1n) is 7.14. The number of nitrogens with two attached hydrogens (primary N) is 1. The number of rotatable bonds is 2. The lowest BCUT2D eigenvalue weighted by Crippen LogP contribution is -2.21. The molecule has 0 saturated heterocycles. The van der Waals surface area contributed by atoms with Gasteiger partial charge in [0.1, 0.15) is 5.71 Å². The quantitative estimate of drug-likeness (QED) is 0.669. The van der Waals surface area contributed by atoms with Crippen molar-refractivity contribution in [2.24, 2.45) is 10.8 Å². The van der Waals surface area contributed by atoms with Crippen LogP contribution in [0.1, 0.15) is 5.56 Å². The van der Waals surface area contributed by atoms with Crippen molar-refractivity contribution in [2.45, 2.75) is 0 Å². The van der Waals surface area contributed by atoms with Crippen molar-refractivity contribution >= 4 is 54.2 Å². The van der Waals surface area contributed by atoms with Crippen LogP contribution in [-0.2, 0) is 4.79 Å². The molecule has 0 radical (unpaired) electrons. The normalized spacial score (nSPS) is 16.2. The van der Waals surface area contributed by atoms with E-state index < -0.39 is 0 Å². The first-order chi connectivity index (χ1) is 11.7. The largest absolute Gasteiger partial charge is 0.404 e. The van der Waals surface area contributed by atoms with Crippen LogP contribution in [0.4, 0.5) is 5.13 Å². The molecule has 0 aliphatic carbocycles. The number of fused-ring (bicyclic) bond motifs is 1. The minimum Gasteiger partial charge on any atom is -0.404 e. The number of hydrogen-bond donors (Lipinski definition) is 1. The fourth-order valence-corrected chi connectivity index (χ4v) is 3.81. The Morgan fingerprint density at radius 2 is 2.00 bits per heavy atom. The van der Waals surface area contributed by atoms with Gasteiger partial charge in [-0.15, -0.1) is 0 Å². The maximum Gasteiger partial charge on any atom is 0.284 e. The zero-order chi connectivity index (χ0) is 16.7. The monoisotopic (exact) mass is 398 g/mol. The molecule has 0 fully saturated rings. The molecule has 0 saturated carbocycles. The van der Waals surface area contributed by atoms with Crippen LogP contribution in [0.2, 0.25) is 0 Å². The van der Waals surface area contributed by atoms with E-state index in [9.17, 15) is 4.79 Å². The lowest BCUT2D eigenvalue weighted by atomic mass is 10.0. The molecule has 5 nitrogen and oxygen atoms in total. The van der Waals surface area contributed by atoms with Crippen LogP contribution in [0.15, 0.2) is 69.9 Å². The van der Waals surface area contributed by atoms with Crippen molar-refractivity contribution in [1.29, 1.82) is 0 Å². The molecule has 7 heteroatoms. The van der Waals surface area contributed by atoms with Gasteiger partial charge in [0.25, 0.3) is 5.91 Å². The Morgan fingerprint density at radius 1 is 1.17 bits per heavy atom. The molecule has 0 spiro atoms. The molecule has 2 heterocycles. The van der Waals surface area contributed by atoms with Crippen LogP contribution in [0.25, 0.3) is 10.2 Å². The molecule has 118 valence electrons. The summed E-state index contributed by atoms with van der Waals surface area (Å²) >= 11 is 4.86. The van der Waals surface area contributed by atoms with Gasteiger partial charge in [0, 0.05) is 16.2 Å². The number of halogens is 1. The molecule has 1 aliphatic heterocycles. The number of thiazole rings is 1. The molecular formula is C17H11BrN4OS. The summed E-state index contributed by atoms with van der Waals surface area (Å²) in [5.41, 5.74) is 8.26. The molecule has 3 aromatic rings. The van der Waals surface area contributed by atoms with Gasteiger partial charge < -0.3 is 5.73 Å². The third kappa shape index (κ3) is 2.42. The number of benzene rings is 2. The number of para-hydroxylation sites is 1. The zero-order valence-corrected chi connectivity index (χ0v) is 14.7. The van der Waals surface area contributed by atoms with Crippen molar-refractivity contribution in [2.75, 3.05) is 5.01 Å². The summed E-state index contributed by atoms with van der Waals surface area (Å²) in [7, 11) is 0. The third-order valence-electron chi connectivity index (χ3n) is 3.61. The number of aromatic nitrogens is 1. The summed E-state index contributed by atoms with van der Waals surface area (Å²) in [5, 5.41) is 6.33. The summed E-state index contributed by atoms with van der Waals surface area (Å²) in [6.45, 7) is 0. The number of amides is 1. The lowest BCUT2D eigenvalue weighted by molar-refractivity contribution is -0.114. The Morgan fingerprint density at radius 3 is 2.75 bits per heavy atom. The molecule has 0 unspecified atom stereocenters. The Labute approximate surface area is 150 Å². The SMILES string of the molecule is N/C=C1/C(=O)N(c2nc3ccccc3s2)N=C1c1cccc(Br)c1. The molecule has 2 aromatic carbocycles. The van der Waals surface area contributed by atoms with E-state index in [2.05, 4.69) is 26.0 Å². The van der Waals surface area contributed by atoms with Gasteiger partial charge >= 0.3 is 0 Å². The van der Waals surface area contributed by atoms with E-state index in [4.69, 9.17) is 5.73 Å². The Balaban J connectivity index is 1.83. The van der Waals surface area contributed by atoms with E-state index in [1.54, 1.807) is 0 Å². The first kappa shape index (κ1) is 15.0. The maximum absolute atomic E-state index is 12.7. The van der Waals surface area contributed by atoms with Gasteiger partial charge in [-0.25, -0.2) is 4.98 Å². The standard InChI is InChI=1S/C17H11BrN4OS/c18-11-5-3-4-10(8-11)15-12(9-19)16(23)22(21-15)17-20-13-6-1-2-7-14(13)24-17/h1-9H,19H2/b12-9+. The number of anilines is 1. The molecule has 1 amide bonds. The van der Waals surface area contributed by atoms with Crippen LogP contribution < -0.4 is 10.7 Å². The second kappa shape index (κ2) is 5.85. The molecular weight excluding hydrogens is 388 g/mol. The minimum atomic E-state index is -0.272. The van der Waals surface area contributed by atoms with Crippen molar-refractivity contribution in [3.63, 3.8) is 0 Å². The number of carbonyl (C=O) groups excluding carboxylic acids is 1. The first-order valence-corrected chi connectivity index (χ1v) is 8.75. The van der Waals surface area contributed by atoms with Crippen LogP contribution >= 0.6 is 27.3 Å².